The van der Waals surface area contributed by atoms with E-state index >= 15 is 0 Å². The average molecular weight is 473 g/mol. The highest BCUT2D eigenvalue weighted by atomic mass is 16.5. The Balaban J connectivity index is 1.68. The molecule has 5 nitrogen and oxygen atoms in total. The number of nitrogens with zero attached hydrogens (tertiary/aromatic N) is 2. The van der Waals surface area contributed by atoms with Crippen molar-refractivity contribution in [1.82, 2.24) is 9.97 Å². The van der Waals surface area contributed by atoms with Crippen LogP contribution in [0.4, 0.5) is 0 Å². The number of benzene rings is 5. The minimum atomic E-state index is -0.1000. The van der Waals surface area contributed by atoms with Gasteiger partial charge in [-0.15, -0.1) is 0 Å². The standard InChI is InChI=1S/C31H24N2O3/c1-18(2)36-30-17-28(32-31(33-30)25-14-12-20(34)15-29(25)35)27-16-26-21-8-4-3-7-19(21)11-13-24(26)22-9-5-6-10-23(22)27/h3-18,34-35H,1-2H3. The molecule has 0 spiro atoms. The Bertz CT molecular complexity index is 1780. The molecule has 0 aliphatic heterocycles. The molecule has 0 radical (unpaired) electrons. The third-order valence-electron chi connectivity index (χ3n) is 6.32. The van der Waals surface area contributed by atoms with E-state index in [-0.39, 0.29) is 17.6 Å². The Kier molecular flexibility index (Phi) is 5.19. The molecule has 6 aromatic rings. The summed E-state index contributed by atoms with van der Waals surface area (Å²) in [4.78, 5) is 9.45. The van der Waals surface area contributed by atoms with Crippen molar-refractivity contribution in [2.24, 2.45) is 0 Å². The second-order valence-electron chi connectivity index (χ2n) is 9.13. The molecule has 176 valence electrons. The largest absolute Gasteiger partial charge is 0.508 e. The number of aromatic nitrogens is 2. The van der Waals surface area contributed by atoms with E-state index < -0.39 is 0 Å². The van der Waals surface area contributed by atoms with E-state index in [2.05, 4.69) is 53.5 Å². The minimum absolute atomic E-state index is 0.0292. The Hall–Kier alpha value is -4.64. The van der Waals surface area contributed by atoms with Crippen LogP contribution in [0.1, 0.15) is 13.8 Å². The van der Waals surface area contributed by atoms with E-state index in [1.807, 2.05) is 38.1 Å². The number of hydrogen-bond donors (Lipinski definition) is 2. The van der Waals surface area contributed by atoms with Crippen LogP contribution in [0.15, 0.2) is 91.0 Å². The molecule has 0 amide bonds. The predicted octanol–water partition coefficient (Wildman–Crippen LogP) is 7.47. The maximum Gasteiger partial charge on any atom is 0.217 e. The average Bonchev–Trinajstić information content (AvgIpc) is 2.87. The molecule has 1 heterocycles. The second kappa shape index (κ2) is 8.54. The van der Waals surface area contributed by atoms with Gasteiger partial charge in [0.15, 0.2) is 5.82 Å². The fourth-order valence-electron chi connectivity index (χ4n) is 4.77. The van der Waals surface area contributed by atoms with Gasteiger partial charge >= 0.3 is 0 Å². The van der Waals surface area contributed by atoms with E-state index in [0.29, 0.717) is 23.0 Å². The van der Waals surface area contributed by atoms with Gasteiger partial charge in [-0.25, -0.2) is 4.98 Å². The lowest BCUT2D eigenvalue weighted by Crippen LogP contribution is -2.08. The first-order chi connectivity index (χ1) is 17.5. The van der Waals surface area contributed by atoms with E-state index in [9.17, 15) is 10.2 Å². The first kappa shape index (κ1) is 21.9. The first-order valence-corrected chi connectivity index (χ1v) is 11.9. The number of rotatable bonds is 4. The zero-order chi connectivity index (χ0) is 24.8. The van der Waals surface area contributed by atoms with Crippen molar-refractivity contribution in [1.29, 1.82) is 0 Å². The number of ether oxygens (including phenoxy) is 1. The van der Waals surface area contributed by atoms with Crippen molar-refractivity contribution in [2.45, 2.75) is 20.0 Å². The lowest BCUT2D eigenvalue weighted by Gasteiger charge is -2.15. The van der Waals surface area contributed by atoms with Gasteiger partial charge in [-0.3, -0.25) is 0 Å². The first-order valence-electron chi connectivity index (χ1n) is 11.9. The highest BCUT2D eigenvalue weighted by Crippen LogP contribution is 2.39. The summed E-state index contributed by atoms with van der Waals surface area (Å²) in [6.07, 6.45) is -0.0914. The highest BCUT2D eigenvalue weighted by molar-refractivity contribution is 6.20. The van der Waals surface area contributed by atoms with E-state index in [1.54, 1.807) is 6.07 Å². The summed E-state index contributed by atoms with van der Waals surface area (Å²) in [6, 6.07) is 29.4. The number of phenols is 2. The van der Waals surface area contributed by atoms with E-state index in [4.69, 9.17) is 9.72 Å². The summed E-state index contributed by atoms with van der Waals surface area (Å²) in [7, 11) is 0. The maximum atomic E-state index is 10.5. The number of aromatic hydroxyl groups is 2. The van der Waals surface area contributed by atoms with Gasteiger partial charge in [0, 0.05) is 17.7 Å². The molecule has 0 bridgehead atoms. The molecule has 0 aliphatic carbocycles. The molecular formula is C31H24N2O3. The van der Waals surface area contributed by atoms with Crippen molar-refractivity contribution in [3.8, 4) is 40.0 Å². The molecule has 6 rings (SSSR count). The molecule has 5 heteroatoms. The number of phenolic OH excluding ortho intramolecular Hbond substituents is 2. The van der Waals surface area contributed by atoms with Gasteiger partial charge in [0.1, 0.15) is 11.5 Å². The quantitative estimate of drug-likeness (QED) is 0.260. The van der Waals surface area contributed by atoms with Crippen molar-refractivity contribution in [2.75, 3.05) is 0 Å². The van der Waals surface area contributed by atoms with Gasteiger partial charge < -0.3 is 14.9 Å². The Morgan fingerprint density at radius 3 is 2.14 bits per heavy atom. The van der Waals surface area contributed by atoms with Gasteiger partial charge in [-0.1, -0.05) is 60.7 Å². The van der Waals surface area contributed by atoms with E-state index in [1.165, 1.54) is 28.3 Å². The monoisotopic (exact) mass is 472 g/mol. The van der Waals surface area contributed by atoms with Crippen molar-refractivity contribution in [3.63, 3.8) is 0 Å². The molecular weight excluding hydrogens is 448 g/mol. The summed E-state index contributed by atoms with van der Waals surface area (Å²) in [6.45, 7) is 3.88. The molecule has 0 aliphatic rings. The van der Waals surface area contributed by atoms with Gasteiger partial charge in [0.05, 0.1) is 17.4 Å². The molecule has 2 N–H and O–H groups in total. The fraction of sp³-hybridized carbons (Fsp3) is 0.0968. The zero-order valence-corrected chi connectivity index (χ0v) is 19.9. The SMILES string of the molecule is CC(C)Oc1cc(-c2cc3c4ccccc4ccc3c3ccccc23)nc(-c2ccc(O)cc2O)n1. The van der Waals surface area contributed by atoms with Gasteiger partial charge in [-0.05, 0) is 64.4 Å². The van der Waals surface area contributed by atoms with Crippen LogP contribution in [0.25, 0.3) is 55.0 Å². The lowest BCUT2D eigenvalue weighted by molar-refractivity contribution is 0.232. The molecule has 0 unspecified atom stereocenters. The summed E-state index contributed by atoms with van der Waals surface area (Å²) < 4.78 is 5.99. The third-order valence-corrected chi connectivity index (χ3v) is 6.32. The maximum absolute atomic E-state index is 10.5. The third kappa shape index (κ3) is 3.75. The van der Waals surface area contributed by atoms with Crippen LogP contribution in [0, 0.1) is 0 Å². The van der Waals surface area contributed by atoms with Crippen LogP contribution in [0.5, 0.6) is 17.4 Å². The molecule has 1 aromatic heterocycles. The number of hydrogen-bond acceptors (Lipinski definition) is 5. The highest BCUT2D eigenvalue weighted by Gasteiger charge is 2.17. The predicted molar refractivity (Wildman–Crippen MR) is 145 cm³/mol. The summed E-state index contributed by atoms with van der Waals surface area (Å²) in [5, 5.41) is 27.2. The molecule has 0 saturated carbocycles. The van der Waals surface area contributed by atoms with Crippen molar-refractivity contribution < 1.29 is 14.9 Å². The summed E-state index contributed by atoms with van der Waals surface area (Å²) in [5.74, 6) is 0.609. The van der Waals surface area contributed by atoms with Gasteiger partial charge in [0.25, 0.3) is 0 Å². The second-order valence-corrected chi connectivity index (χ2v) is 9.13. The Morgan fingerprint density at radius 1 is 0.639 bits per heavy atom. The zero-order valence-electron chi connectivity index (χ0n) is 19.9. The lowest BCUT2D eigenvalue weighted by atomic mass is 9.92. The molecule has 0 atom stereocenters. The normalized spacial score (nSPS) is 11.5. The van der Waals surface area contributed by atoms with Crippen LogP contribution >= 0.6 is 0 Å². The van der Waals surface area contributed by atoms with Crippen LogP contribution in [0.2, 0.25) is 0 Å². The van der Waals surface area contributed by atoms with Crippen LogP contribution in [-0.4, -0.2) is 26.3 Å². The smallest absolute Gasteiger partial charge is 0.217 e. The van der Waals surface area contributed by atoms with E-state index in [0.717, 1.165) is 21.7 Å². The number of fused-ring (bicyclic) bond motifs is 5. The molecule has 36 heavy (non-hydrogen) atoms. The summed E-state index contributed by atoms with van der Waals surface area (Å²) >= 11 is 0. The summed E-state index contributed by atoms with van der Waals surface area (Å²) in [5.41, 5.74) is 2.05. The van der Waals surface area contributed by atoms with Crippen LogP contribution < -0.4 is 4.74 Å². The molecule has 0 saturated heterocycles. The van der Waals surface area contributed by atoms with Crippen molar-refractivity contribution in [3.05, 3.63) is 91.0 Å². The van der Waals surface area contributed by atoms with Crippen molar-refractivity contribution >= 4 is 32.3 Å². The molecule has 5 aromatic carbocycles. The fourth-order valence-corrected chi connectivity index (χ4v) is 4.77. The van der Waals surface area contributed by atoms with Crippen LogP contribution in [0.3, 0.4) is 0 Å². The Labute approximate surface area is 208 Å². The topological polar surface area (TPSA) is 75.5 Å². The Morgan fingerprint density at radius 2 is 1.36 bits per heavy atom. The van der Waals surface area contributed by atoms with Crippen LogP contribution in [-0.2, 0) is 0 Å². The van der Waals surface area contributed by atoms with Gasteiger partial charge in [0.2, 0.25) is 5.88 Å². The minimum Gasteiger partial charge on any atom is -0.508 e. The van der Waals surface area contributed by atoms with Gasteiger partial charge in [-0.2, -0.15) is 4.98 Å². The molecule has 0 fully saturated rings.